The number of aromatic nitrogens is 1. The van der Waals surface area contributed by atoms with Crippen molar-refractivity contribution < 1.29 is 14.1 Å². The topological polar surface area (TPSA) is 70.8 Å². The molecule has 1 aromatic heterocycles. The Hall–Kier alpha value is -3.84. The van der Waals surface area contributed by atoms with Crippen molar-refractivity contribution >= 4 is 22.5 Å². The van der Waals surface area contributed by atoms with Crippen LogP contribution in [0.2, 0.25) is 0 Å². The molecule has 1 aliphatic rings. The maximum Gasteiger partial charge on any atom is 0.251 e. The molecule has 3 aromatic carbocycles. The Labute approximate surface area is 205 Å². The summed E-state index contributed by atoms with van der Waals surface area (Å²) >= 11 is 0. The lowest BCUT2D eigenvalue weighted by Crippen LogP contribution is -2.48. The van der Waals surface area contributed by atoms with Crippen LogP contribution in [0.1, 0.15) is 15.9 Å². The van der Waals surface area contributed by atoms with Gasteiger partial charge in [-0.15, -0.1) is 0 Å². The van der Waals surface area contributed by atoms with Crippen molar-refractivity contribution in [3.63, 3.8) is 0 Å². The number of aryl methyl sites for hydroxylation is 1. The van der Waals surface area contributed by atoms with E-state index in [1.807, 2.05) is 55.5 Å². The maximum atomic E-state index is 12.8. The monoisotopic (exact) mass is 470 g/mol. The van der Waals surface area contributed by atoms with E-state index < -0.39 is 0 Å². The fourth-order valence-corrected chi connectivity index (χ4v) is 4.45. The molecule has 1 amide bonds. The summed E-state index contributed by atoms with van der Waals surface area (Å²) in [5.41, 5.74) is 4.70. The number of amides is 1. The molecule has 0 spiro atoms. The highest BCUT2D eigenvalue weighted by Crippen LogP contribution is 2.29. The summed E-state index contributed by atoms with van der Waals surface area (Å²) in [5, 5.41) is 8.06. The second-order valence-electron chi connectivity index (χ2n) is 8.89. The lowest BCUT2D eigenvalue weighted by molar-refractivity contribution is 0.0948. The normalized spacial score (nSPS) is 14.3. The third-order valence-electron chi connectivity index (χ3n) is 6.58. The molecule has 180 valence electrons. The average Bonchev–Trinajstić information content (AvgIpc) is 3.33. The first kappa shape index (κ1) is 22.9. The molecule has 1 aliphatic heterocycles. The number of benzene rings is 3. The summed E-state index contributed by atoms with van der Waals surface area (Å²) in [5.74, 6) is 1.47. The SMILES string of the molecule is COc1ccc(N2CCN(CCNC(=O)c3ccc4noc(-c5ccc(C)cc5)c4c3)CC2)cc1. The summed E-state index contributed by atoms with van der Waals surface area (Å²) in [6, 6.07) is 21.8. The molecule has 7 heteroatoms. The number of carbonyl (C=O) groups is 1. The van der Waals surface area contributed by atoms with Gasteiger partial charge in [-0.25, -0.2) is 0 Å². The van der Waals surface area contributed by atoms with Crippen molar-refractivity contribution in [1.82, 2.24) is 15.4 Å². The van der Waals surface area contributed by atoms with E-state index in [1.165, 1.54) is 11.3 Å². The Bertz CT molecular complexity index is 1290. The van der Waals surface area contributed by atoms with Gasteiger partial charge in [0.1, 0.15) is 11.3 Å². The van der Waals surface area contributed by atoms with E-state index in [0.717, 1.165) is 54.9 Å². The molecule has 0 bridgehead atoms. The number of hydrogen-bond donors (Lipinski definition) is 1. The van der Waals surface area contributed by atoms with Gasteiger partial charge in [0.2, 0.25) is 0 Å². The van der Waals surface area contributed by atoms with Gasteiger partial charge >= 0.3 is 0 Å². The standard InChI is InChI=1S/C28H30N4O3/c1-20-3-5-21(6-4-20)27-25-19-22(7-12-26(25)30-35-27)28(33)29-13-14-31-15-17-32(18-16-31)23-8-10-24(34-2)11-9-23/h3-12,19H,13-18H2,1-2H3,(H,29,33). The van der Waals surface area contributed by atoms with E-state index >= 15 is 0 Å². The van der Waals surface area contributed by atoms with Crippen LogP contribution in [-0.2, 0) is 0 Å². The highest BCUT2D eigenvalue weighted by Gasteiger charge is 2.18. The number of ether oxygens (including phenoxy) is 1. The number of rotatable bonds is 7. The van der Waals surface area contributed by atoms with Crippen LogP contribution in [0.3, 0.4) is 0 Å². The zero-order valence-electron chi connectivity index (χ0n) is 20.2. The van der Waals surface area contributed by atoms with Crippen LogP contribution in [0.15, 0.2) is 71.3 Å². The van der Waals surface area contributed by atoms with E-state index in [9.17, 15) is 4.79 Å². The van der Waals surface area contributed by atoms with E-state index in [4.69, 9.17) is 9.26 Å². The lowest BCUT2D eigenvalue weighted by Gasteiger charge is -2.36. The molecule has 35 heavy (non-hydrogen) atoms. The van der Waals surface area contributed by atoms with Crippen LogP contribution in [0.4, 0.5) is 5.69 Å². The molecule has 4 aromatic rings. The third kappa shape index (κ3) is 5.15. The van der Waals surface area contributed by atoms with Crippen LogP contribution in [0.5, 0.6) is 5.75 Å². The molecule has 5 rings (SSSR count). The minimum Gasteiger partial charge on any atom is -0.497 e. The average molecular weight is 471 g/mol. The van der Waals surface area contributed by atoms with Crippen LogP contribution in [0, 0.1) is 6.92 Å². The Kier molecular flexibility index (Phi) is 6.68. The predicted octanol–water partition coefficient (Wildman–Crippen LogP) is 4.36. The first-order chi connectivity index (χ1) is 17.1. The van der Waals surface area contributed by atoms with Gasteiger partial charge in [-0.1, -0.05) is 35.0 Å². The molecule has 7 nitrogen and oxygen atoms in total. The van der Waals surface area contributed by atoms with Crippen molar-refractivity contribution in [3.05, 3.63) is 77.9 Å². The predicted molar refractivity (Wildman–Crippen MR) is 138 cm³/mol. The van der Waals surface area contributed by atoms with Gasteiger partial charge in [0.05, 0.1) is 12.5 Å². The largest absolute Gasteiger partial charge is 0.497 e. The summed E-state index contributed by atoms with van der Waals surface area (Å²) in [4.78, 5) is 17.6. The van der Waals surface area contributed by atoms with Gasteiger partial charge < -0.3 is 19.5 Å². The zero-order chi connectivity index (χ0) is 24.2. The maximum absolute atomic E-state index is 12.8. The molecule has 2 heterocycles. The van der Waals surface area contributed by atoms with Gasteiger partial charge in [0.25, 0.3) is 5.91 Å². The molecular weight excluding hydrogens is 440 g/mol. The van der Waals surface area contributed by atoms with Crippen molar-refractivity contribution in [1.29, 1.82) is 0 Å². The molecule has 1 fully saturated rings. The molecular formula is C28H30N4O3. The summed E-state index contributed by atoms with van der Waals surface area (Å²) in [6.07, 6.45) is 0. The van der Waals surface area contributed by atoms with Crippen LogP contribution >= 0.6 is 0 Å². The van der Waals surface area contributed by atoms with E-state index in [2.05, 4.69) is 32.4 Å². The Morgan fingerprint density at radius 2 is 1.74 bits per heavy atom. The number of piperazine rings is 1. The van der Waals surface area contributed by atoms with Crippen LogP contribution in [0.25, 0.3) is 22.2 Å². The van der Waals surface area contributed by atoms with Gasteiger partial charge in [0.15, 0.2) is 5.76 Å². The molecule has 0 aliphatic carbocycles. The zero-order valence-corrected chi connectivity index (χ0v) is 20.2. The van der Waals surface area contributed by atoms with Crippen LogP contribution in [-0.4, -0.2) is 62.3 Å². The highest BCUT2D eigenvalue weighted by molar-refractivity contribution is 6.01. The van der Waals surface area contributed by atoms with E-state index in [1.54, 1.807) is 13.2 Å². The number of fused-ring (bicyclic) bond motifs is 1. The van der Waals surface area contributed by atoms with Gasteiger partial charge in [-0.05, 0) is 49.4 Å². The fraction of sp³-hybridized carbons (Fsp3) is 0.286. The number of carbonyl (C=O) groups excluding carboxylic acids is 1. The quantitative estimate of drug-likeness (QED) is 0.433. The summed E-state index contributed by atoms with van der Waals surface area (Å²) in [7, 11) is 1.68. The fourth-order valence-electron chi connectivity index (χ4n) is 4.45. The summed E-state index contributed by atoms with van der Waals surface area (Å²) < 4.78 is 10.8. The molecule has 0 saturated carbocycles. The Morgan fingerprint density at radius 3 is 2.46 bits per heavy atom. The number of anilines is 1. The van der Waals surface area contributed by atoms with Gasteiger partial charge in [0, 0.05) is 56.1 Å². The van der Waals surface area contributed by atoms with Crippen molar-refractivity contribution in [2.24, 2.45) is 0 Å². The molecule has 1 saturated heterocycles. The minimum absolute atomic E-state index is 0.0835. The highest BCUT2D eigenvalue weighted by atomic mass is 16.5. The first-order valence-electron chi connectivity index (χ1n) is 12.0. The summed E-state index contributed by atoms with van der Waals surface area (Å²) in [6.45, 7) is 7.34. The van der Waals surface area contributed by atoms with Crippen molar-refractivity contribution in [2.45, 2.75) is 6.92 Å². The first-order valence-corrected chi connectivity index (χ1v) is 12.0. The minimum atomic E-state index is -0.0835. The molecule has 0 unspecified atom stereocenters. The molecule has 0 radical (unpaired) electrons. The molecule has 0 atom stereocenters. The molecule has 1 N–H and O–H groups in total. The smallest absolute Gasteiger partial charge is 0.251 e. The van der Waals surface area contributed by atoms with Gasteiger partial charge in [-0.3, -0.25) is 9.69 Å². The Balaban J connectivity index is 1.14. The van der Waals surface area contributed by atoms with Crippen LogP contribution < -0.4 is 15.0 Å². The third-order valence-corrected chi connectivity index (χ3v) is 6.58. The van der Waals surface area contributed by atoms with E-state index in [0.29, 0.717) is 17.9 Å². The number of nitrogens with zero attached hydrogens (tertiary/aromatic N) is 3. The second kappa shape index (κ2) is 10.2. The van der Waals surface area contributed by atoms with Gasteiger partial charge in [-0.2, -0.15) is 0 Å². The second-order valence-corrected chi connectivity index (χ2v) is 8.89. The van der Waals surface area contributed by atoms with Crippen molar-refractivity contribution in [3.8, 4) is 17.1 Å². The Morgan fingerprint density at radius 1 is 1.00 bits per heavy atom. The van der Waals surface area contributed by atoms with E-state index in [-0.39, 0.29) is 5.91 Å². The van der Waals surface area contributed by atoms with Crippen molar-refractivity contribution in [2.75, 3.05) is 51.3 Å². The number of nitrogens with one attached hydrogen (secondary N) is 1. The number of methoxy groups -OCH3 is 1. The lowest BCUT2D eigenvalue weighted by atomic mass is 10.0. The number of hydrogen-bond acceptors (Lipinski definition) is 6.